The molecule has 0 atom stereocenters. The molecule has 0 spiro atoms. The predicted octanol–water partition coefficient (Wildman–Crippen LogP) is 5.05. The normalized spacial score (nSPS) is 14.7. The topological polar surface area (TPSA) is 55.2 Å². The van der Waals surface area contributed by atoms with E-state index >= 15 is 0 Å². The van der Waals surface area contributed by atoms with Gasteiger partial charge in [0, 0.05) is 18.3 Å². The number of aromatic nitrogens is 2. The number of para-hydroxylation sites is 2. The van der Waals surface area contributed by atoms with E-state index in [0.717, 1.165) is 31.4 Å². The third-order valence-electron chi connectivity index (χ3n) is 5.73. The molecule has 4 rings (SSSR count). The molecule has 0 radical (unpaired) electrons. The first-order valence-corrected chi connectivity index (χ1v) is 11.7. The van der Waals surface area contributed by atoms with Crippen LogP contribution in [0.5, 0.6) is 0 Å². The van der Waals surface area contributed by atoms with E-state index in [4.69, 9.17) is 4.98 Å². The summed E-state index contributed by atoms with van der Waals surface area (Å²) in [7, 11) is 0. The van der Waals surface area contributed by atoms with Crippen molar-refractivity contribution in [3.05, 3.63) is 65.0 Å². The smallest absolute Gasteiger partial charge is 0.262 e. The zero-order valence-electron chi connectivity index (χ0n) is 17.3. The Labute approximate surface area is 181 Å². The van der Waals surface area contributed by atoms with Crippen molar-refractivity contribution >= 4 is 34.3 Å². The molecule has 6 heteroatoms. The van der Waals surface area contributed by atoms with Crippen molar-refractivity contribution in [1.29, 1.82) is 0 Å². The summed E-state index contributed by atoms with van der Waals surface area (Å²) in [6, 6.07) is 17.4. The highest BCUT2D eigenvalue weighted by Gasteiger charge is 2.23. The Hall–Kier alpha value is -2.60. The molecule has 0 bridgehead atoms. The van der Waals surface area contributed by atoms with Crippen LogP contribution in [0.2, 0.25) is 0 Å². The molecule has 30 heavy (non-hydrogen) atoms. The molecule has 3 aromatic rings. The van der Waals surface area contributed by atoms with E-state index in [2.05, 4.69) is 0 Å². The van der Waals surface area contributed by atoms with Crippen molar-refractivity contribution in [3.8, 4) is 0 Å². The van der Waals surface area contributed by atoms with Crippen molar-refractivity contribution in [2.45, 2.75) is 50.2 Å². The van der Waals surface area contributed by atoms with Crippen LogP contribution in [0.4, 0.5) is 5.69 Å². The summed E-state index contributed by atoms with van der Waals surface area (Å²) in [5, 5.41) is 1.31. The van der Waals surface area contributed by atoms with Crippen molar-refractivity contribution in [2.24, 2.45) is 0 Å². The van der Waals surface area contributed by atoms with Crippen LogP contribution in [-0.4, -0.2) is 27.8 Å². The first-order valence-electron chi connectivity index (χ1n) is 10.7. The van der Waals surface area contributed by atoms with E-state index in [9.17, 15) is 9.59 Å². The van der Waals surface area contributed by atoms with Crippen LogP contribution >= 0.6 is 11.8 Å². The number of nitrogens with zero attached hydrogens (tertiary/aromatic N) is 3. The number of anilines is 1. The van der Waals surface area contributed by atoms with Gasteiger partial charge in [-0.25, -0.2) is 4.98 Å². The fourth-order valence-electron chi connectivity index (χ4n) is 4.20. The number of carbonyl (C=O) groups excluding carboxylic acids is 1. The Morgan fingerprint density at radius 1 is 1.07 bits per heavy atom. The second kappa shape index (κ2) is 9.47. The molecule has 0 saturated heterocycles. The van der Waals surface area contributed by atoms with Crippen LogP contribution in [0, 0.1) is 0 Å². The average molecular weight is 422 g/mol. The lowest BCUT2D eigenvalue weighted by atomic mass is 9.95. The summed E-state index contributed by atoms with van der Waals surface area (Å²) in [6.07, 6.45) is 5.46. The number of carbonyl (C=O) groups is 1. The summed E-state index contributed by atoms with van der Waals surface area (Å²) in [4.78, 5) is 32.9. The molecule has 5 nitrogen and oxygen atoms in total. The second-order valence-corrected chi connectivity index (χ2v) is 8.58. The Kier molecular flexibility index (Phi) is 6.53. The monoisotopic (exact) mass is 421 g/mol. The van der Waals surface area contributed by atoms with Gasteiger partial charge in [0.15, 0.2) is 5.16 Å². The minimum atomic E-state index is 0.0119. The zero-order valence-corrected chi connectivity index (χ0v) is 18.1. The minimum absolute atomic E-state index is 0.0119. The van der Waals surface area contributed by atoms with Crippen molar-refractivity contribution in [1.82, 2.24) is 9.55 Å². The molecule has 0 aliphatic heterocycles. The molecule has 1 saturated carbocycles. The van der Waals surface area contributed by atoms with E-state index in [-0.39, 0.29) is 23.3 Å². The molecule has 156 valence electrons. The van der Waals surface area contributed by atoms with Crippen LogP contribution in [0.15, 0.2) is 64.5 Å². The highest BCUT2D eigenvalue weighted by Crippen LogP contribution is 2.31. The summed E-state index contributed by atoms with van der Waals surface area (Å²) < 4.78 is 1.86. The molecule has 1 heterocycles. The van der Waals surface area contributed by atoms with Gasteiger partial charge in [-0.05, 0) is 44.0 Å². The van der Waals surface area contributed by atoms with Gasteiger partial charge in [-0.1, -0.05) is 61.4 Å². The number of hydrogen-bond donors (Lipinski definition) is 0. The molecule has 1 aromatic heterocycles. The molecular formula is C24H27N3O2S. The lowest BCUT2D eigenvalue weighted by Crippen LogP contribution is -2.33. The maximum atomic E-state index is 13.3. The first kappa shape index (κ1) is 20.7. The molecule has 0 unspecified atom stereocenters. The number of thioether (sulfide) groups is 1. The lowest BCUT2D eigenvalue weighted by Gasteiger charge is -2.26. The molecule has 0 N–H and O–H groups in total. The van der Waals surface area contributed by atoms with E-state index in [1.54, 1.807) is 4.90 Å². The number of fused-ring (bicyclic) bond motifs is 1. The highest BCUT2D eigenvalue weighted by molar-refractivity contribution is 7.99. The summed E-state index contributed by atoms with van der Waals surface area (Å²) in [6.45, 7) is 2.58. The molecule has 1 fully saturated rings. The lowest BCUT2D eigenvalue weighted by molar-refractivity contribution is -0.116. The quantitative estimate of drug-likeness (QED) is 0.413. The zero-order chi connectivity index (χ0) is 20.9. The molecule has 1 amide bonds. The fourth-order valence-corrected chi connectivity index (χ4v) is 5.15. The maximum Gasteiger partial charge on any atom is 0.262 e. The third-order valence-corrected chi connectivity index (χ3v) is 6.66. The highest BCUT2D eigenvalue weighted by atomic mass is 32.2. The van der Waals surface area contributed by atoms with E-state index < -0.39 is 0 Å². The average Bonchev–Trinajstić information content (AvgIpc) is 2.79. The van der Waals surface area contributed by atoms with E-state index in [0.29, 0.717) is 22.6 Å². The number of rotatable bonds is 6. The van der Waals surface area contributed by atoms with Gasteiger partial charge in [-0.15, -0.1) is 0 Å². The molecule has 1 aliphatic rings. The third kappa shape index (κ3) is 4.29. The van der Waals surface area contributed by atoms with Crippen LogP contribution < -0.4 is 10.5 Å². The summed E-state index contributed by atoms with van der Waals surface area (Å²) in [5.74, 6) is 0.270. The Morgan fingerprint density at radius 3 is 2.50 bits per heavy atom. The SMILES string of the molecule is CCN(C(=O)CSc1nc2ccccc2c(=O)n1C1CCCCC1)c1ccccc1. The van der Waals surface area contributed by atoms with Gasteiger partial charge in [-0.2, -0.15) is 0 Å². The molecule has 1 aliphatic carbocycles. The van der Waals surface area contributed by atoms with E-state index in [1.807, 2.05) is 66.1 Å². The van der Waals surface area contributed by atoms with Gasteiger partial charge in [0.2, 0.25) is 5.91 Å². The number of benzene rings is 2. The predicted molar refractivity (Wildman–Crippen MR) is 123 cm³/mol. The van der Waals surface area contributed by atoms with Crippen LogP contribution in [0.3, 0.4) is 0 Å². The fraction of sp³-hybridized carbons (Fsp3) is 0.375. The largest absolute Gasteiger partial charge is 0.312 e. The van der Waals surface area contributed by atoms with Crippen molar-refractivity contribution in [3.63, 3.8) is 0 Å². The van der Waals surface area contributed by atoms with Crippen molar-refractivity contribution < 1.29 is 4.79 Å². The van der Waals surface area contributed by atoms with Crippen LogP contribution in [0.1, 0.15) is 45.1 Å². The Bertz CT molecular complexity index is 1070. The first-order chi connectivity index (χ1) is 14.7. The van der Waals surface area contributed by atoms with Crippen LogP contribution in [-0.2, 0) is 4.79 Å². The Balaban J connectivity index is 1.64. The van der Waals surface area contributed by atoms with Gasteiger partial charge in [-0.3, -0.25) is 14.2 Å². The summed E-state index contributed by atoms with van der Waals surface area (Å²) in [5.41, 5.74) is 1.60. The van der Waals surface area contributed by atoms with E-state index in [1.165, 1.54) is 18.2 Å². The minimum Gasteiger partial charge on any atom is -0.312 e. The molecule has 2 aromatic carbocycles. The van der Waals surface area contributed by atoms with Crippen molar-refractivity contribution in [2.75, 3.05) is 17.2 Å². The van der Waals surface area contributed by atoms with Gasteiger partial charge in [0.05, 0.1) is 16.7 Å². The molecular weight excluding hydrogens is 394 g/mol. The summed E-state index contributed by atoms with van der Waals surface area (Å²) >= 11 is 1.38. The second-order valence-electron chi connectivity index (χ2n) is 7.64. The van der Waals surface area contributed by atoms with Gasteiger partial charge < -0.3 is 4.90 Å². The number of hydrogen-bond acceptors (Lipinski definition) is 4. The van der Waals surface area contributed by atoms with Crippen LogP contribution in [0.25, 0.3) is 10.9 Å². The van der Waals surface area contributed by atoms with Gasteiger partial charge in [0.1, 0.15) is 0 Å². The van der Waals surface area contributed by atoms with Gasteiger partial charge >= 0.3 is 0 Å². The Morgan fingerprint density at radius 2 is 1.77 bits per heavy atom. The van der Waals surface area contributed by atoms with Gasteiger partial charge in [0.25, 0.3) is 5.56 Å². The number of amides is 1. The standard InChI is InChI=1S/C24H27N3O2S/c1-2-26(18-11-5-3-6-12-18)22(28)17-30-24-25-21-16-10-9-15-20(21)23(29)27(24)19-13-7-4-8-14-19/h3,5-6,9-12,15-16,19H,2,4,7-8,13-14,17H2,1H3. The maximum absolute atomic E-state index is 13.3.